The van der Waals surface area contributed by atoms with E-state index in [4.69, 9.17) is 5.73 Å². The molecule has 3 atom stereocenters. The molecule has 1 aliphatic heterocycles. The fourth-order valence-corrected chi connectivity index (χ4v) is 2.84. The molecular formula is C9H20N2S. The minimum atomic E-state index is 0.545. The molecule has 0 aliphatic carbocycles. The van der Waals surface area contributed by atoms with Gasteiger partial charge in [-0.3, -0.25) is 4.90 Å². The minimum absolute atomic E-state index is 0.545. The van der Waals surface area contributed by atoms with Gasteiger partial charge in [0.1, 0.15) is 0 Å². The van der Waals surface area contributed by atoms with Crippen LogP contribution in [0.15, 0.2) is 0 Å². The highest BCUT2D eigenvalue weighted by atomic mass is 32.2. The van der Waals surface area contributed by atoms with Gasteiger partial charge in [0.05, 0.1) is 0 Å². The minimum Gasteiger partial charge on any atom is -0.329 e. The average Bonchev–Trinajstić information content (AvgIpc) is 2.08. The van der Waals surface area contributed by atoms with Gasteiger partial charge in [-0.1, -0.05) is 6.92 Å². The maximum Gasteiger partial charge on any atom is 0.0193 e. The van der Waals surface area contributed by atoms with Gasteiger partial charge in [-0.05, 0) is 13.8 Å². The lowest BCUT2D eigenvalue weighted by atomic mass is 10.1. The molecule has 1 saturated heterocycles. The van der Waals surface area contributed by atoms with Crippen molar-refractivity contribution in [3.05, 3.63) is 0 Å². The van der Waals surface area contributed by atoms with Gasteiger partial charge in [-0.25, -0.2) is 0 Å². The van der Waals surface area contributed by atoms with Crippen molar-refractivity contribution < 1.29 is 0 Å². The summed E-state index contributed by atoms with van der Waals surface area (Å²) in [6.45, 7) is 8.82. The molecule has 2 nitrogen and oxygen atoms in total. The molecule has 1 fully saturated rings. The lowest BCUT2D eigenvalue weighted by molar-refractivity contribution is 0.161. The Kier molecular flexibility index (Phi) is 3.87. The van der Waals surface area contributed by atoms with Crippen LogP contribution < -0.4 is 5.73 Å². The van der Waals surface area contributed by atoms with Crippen LogP contribution >= 0.6 is 11.8 Å². The molecule has 3 heteroatoms. The Hall–Kier alpha value is 0.270. The third kappa shape index (κ3) is 2.15. The molecule has 0 amide bonds. The second-order valence-electron chi connectivity index (χ2n) is 3.64. The fraction of sp³-hybridized carbons (Fsp3) is 1.00. The van der Waals surface area contributed by atoms with Crippen LogP contribution in [0.25, 0.3) is 0 Å². The van der Waals surface area contributed by atoms with Crippen molar-refractivity contribution in [2.24, 2.45) is 5.73 Å². The Morgan fingerprint density at radius 2 is 2.25 bits per heavy atom. The Morgan fingerprint density at radius 1 is 1.58 bits per heavy atom. The van der Waals surface area contributed by atoms with E-state index in [1.54, 1.807) is 0 Å². The van der Waals surface area contributed by atoms with Crippen molar-refractivity contribution in [2.75, 3.05) is 18.8 Å². The zero-order chi connectivity index (χ0) is 9.14. The molecule has 0 aromatic rings. The van der Waals surface area contributed by atoms with Crippen LogP contribution in [-0.2, 0) is 0 Å². The molecule has 1 rings (SSSR count). The van der Waals surface area contributed by atoms with Crippen molar-refractivity contribution in [3.8, 4) is 0 Å². The molecule has 2 N–H and O–H groups in total. The van der Waals surface area contributed by atoms with Crippen LogP contribution in [-0.4, -0.2) is 41.1 Å². The van der Waals surface area contributed by atoms with E-state index in [2.05, 4.69) is 37.4 Å². The Labute approximate surface area is 79.9 Å². The van der Waals surface area contributed by atoms with E-state index in [1.807, 2.05) is 0 Å². The molecule has 3 unspecified atom stereocenters. The van der Waals surface area contributed by atoms with Crippen molar-refractivity contribution in [3.63, 3.8) is 0 Å². The Balaban J connectivity index is 2.51. The number of thioether (sulfide) groups is 1. The van der Waals surface area contributed by atoms with Crippen molar-refractivity contribution in [1.29, 1.82) is 0 Å². The van der Waals surface area contributed by atoms with Crippen LogP contribution in [0.2, 0.25) is 0 Å². The van der Waals surface area contributed by atoms with E-state index in [0.29, 0.717) is 12.1 Å². The van der Waals surface area contributed by atoms with Gasteiger partial charge in [-0.2, -0.15) is 11.8 Å². The quantitative estimate of drug-likeness (QED) is 0.705. The summed E-state index contributed by atoms with van der Waals surface area (Å²) in [6.07, 6.45) is 0. The highest BCUT2D eigenvalue weighted by Crippen LogP contribution is 2.25. The summed E-state index contributed by atoms with van der Waals surface area (Å²) in [7, 11) is 0. The first kappa shape index (κ1) is 10.4. The summed E-state index contributed by atoms with van der Waals surface area (Å²) >= 11 is 2.08. The van der Waals surface area contributed by atoms with Crippen molar-refractivity contribution >= 4 is 11.8 Å². The number of nitrogens with zero attached hydrogens (tertiary/aromatic N) is 1. The van der Waals surface area contributed by atoms with Gasteiger partial charge in [0.15, 0.2) is 0 Å². The number of nitrogens with two attached hydrogens (primary N) is 1. The second-order valence-corrected chi connectivity index (χ2v) is 5.12. The highest BCUT2D eigenvalue weighted by molar-refractivity contribution is 8.00. The number of hydrogen-bond acceptors (Lipinski definition) is 3. The standard InChI is InChI=1S/C9H20N2S/c1-7(6-10)11-4-5-12-9(3)8(11)2/h7-9H,4-6,10H2,1-3H3. The second kappa shape index (κ2) is 4.49. The van der Waals surface area contributed by atoms with Gasteiger partial charge in [0.2, 0.25) is 0 Å². The first-order chi connectivity index (χ1) is 5.66. The van der Waals surface area contributed by atoms with Gasteiger partial charge >= 0.3 is 0 Å². The molecule has 0 aromatic carbocycles. The van der Waals surface area contributed by atoms with Crippen LogP contribution in [0.3, 0.4) is 0 Å². The SMILES string of the molecule is CC1SCCN(C(C)CN)C1C. The third-order valence-electron chi connectivity index (χ3n) is 2.84. The predicted molar refractivity (Wildman–Crippen MR) is 56.6 cm³/mol. The van der Waals surface area contributed by atoms with E-state index >= 15 is 0 Å². The van der Waals surface area contributed by atoms with Crippen molar-refractivity contribution in [1.82, 2.24) is 4.90 Å². The van der Waals surface area contributed by atoms with Crippen LogP contribution in [0.4, 0.5) is 0 Å². The first-order valence-corrected chi connectivity index (χ1v) is 5.79. The molecule has 1 heterocycles. The molecular weight excluding hydrogens is 168 g/mol. The third-order valence-corrected chi connectivity index (χ3v) is 4.18. The van der Waals surface area contributed by atoms with E-state index in [9.17, 15) is 0 Å². The Morgan fingerprint density at radius 3 is 2.83 bits per heavy atom. The first-order valence-electron chi connectivity index (χ1n) is 4.74. The zero-order valence-corrected chi connectivity index (χ0v) is 9.10. The summed E-state index contributed by atoms with van der Waals surface area (Å²) in [5.74, 6) is 1.26. The molecule has 0 bridgehead atoms. The van der Waals surface area contributed by atoms with Crippen LogP contribution in [0.1, 0.15) is 20.8 Å². The average molecular weight is 188 g/mol. The van der Waals surface area contributed by atoms with Gasteiger partial charge in [0, 0.05) is 36.2 Å². The molecule has 0 radical (unpaired) electrons. The highest BCUT2D eigenvalue weighted by Gasteiger charge is 2.27. The van der Waals surface area contributed by atoms with E-state index < -0.39 is 0 Å². The van der Waals surface area contributed by atoms with Gasteiger partial charge in [-0.15, -0.1) is 0 Å². The van der Waals surface area contributed by atoms with E-state index in [1.165, 1.54) is 12.3 Å². The van der Waals surface area contributed by atoms with E-state index in [0.717, 1.165) is 11.8 Å². The predicted octanol–water partition coefficient (Wildman–Crippen LogP) is 1.16. The normalized spacial score (nSPS) is 35.0. The van der Waals surface area contributed by atoms with Gasteiger partial charge in [0.25, 0.3) is 0 Å². The zero-order valence-electron chi connectivity index (χ0n) is 8.29. The molecule has 0 saturated carbocycles. The maximum absolute atomic E-state index is 5.66. The number of rotatable bonds is 2. The van der Waals surface area contributed by atoms with Crippen LogP contribution in [0.5, 0.6) is 0 Å². The lowest BCUT2D eigenvalue weighted by Crippen LogP contribution is -2.51. The van der Waals surface area contributed by atoms with Crippen molar-refractivity contribution in [2.45, 2.75) is 38.1 Å². The number of hydrogen-bond donors (Lipinski definition) is 1. The smallest absolute Gasteiger partial charge is 0.0193 e. The summed E-state index contributed by atoms with van der Waals surface area (Å²) < 4.78 is 0. The lowest BCUT2D eigenvalue weighted by Gasteiger charge is -2.40. The summed E-state index contributed by atoms with van der Waals surface area (Å²) in [4.78, 5) is 2.53. The molecule has 0 aromatic heterocycles. The molecule has 0 spiro atoms. The van der Waals surface area contributed by atoms with E-state index in [-0.39, 0.29) is 0 Å². The largest absolute Gasteiger partial charge is 0.329 e. The summed E-state index contributed by atoms with van der Waals surface area (Å²) in [5, 5.41) is 0.757. The maximum atomic E-state index is 5.66. The molecule has 1 aliphatic rings. The molecule has 12 heavy (non-hydrogen) atoms. The Bertz CT molecular complexity index is 140. The fourth-order valence-electron chi connectivity index (χ4n) is 1.71. The van der Waals surface area contributed by atoms with Gasteiger partial charge < -0.3 is 5.73 Å². The summed E-state index contributed by atoms with van der Waals surface area (Å²) in [6, 6.07) is 1.23. The topological polar surface area (TPSA) is 29.3 Å². The van der Waals surface area contributed by atoms with Crippen LogP contribution in [0, 0.1) is 0 Å². The molecule has 72 valence electrons. The summed E-state index contributed by atoms with van der Waals surface area (Å²) in [5.41, 5.74) is 5.66. The monoisotopic (exact) mass is 188 g/mol.